The third-order valence-corrected chi connectivity index (χ3v) is 2.48. The van der Waals surface area contributed by atoms with Gasteiger partial charge in [-0.2, -0.15) is 0 Å². The minimum Gasteiger partial charge on any atom is -0.389 e. The van der Waals surface area contributed by atoms with Crippen molar-refractivity contribution in [2.75, 3.05) is 0 Å². The molecule has 0 saturated heterocycles. The SMILES string of the molecule is CCCCCC(O)/C=C/C#CCCCCC=O. The molecule has 1 unspecified atom stereocenters. The van der Waals surface area contributed by atoms with Crippen LogP contribution in [0, 0.1) is 11.8 Å². The van der Waals surface area contributed by atoms with Crippen LogP contribution in [0.3, 0.4) is 0 Å². The summed E-state index contributed by atoms with van der Waals surface area (Å²) >= 11 is 0. The summed E-state index contributed by atoms with van der Waals surface area (Å²) in [4.78, 5) is 10.0. The summed E-state index contributed by atoms with van der Waals surface area (Å²) in [6, 6.07) is 0. The van der Waals surface area contributed by atoms with Gasteiger partial charge in [0.15, 0.2) is 0 Å². The number of allylic oxidation sites excluding steroid dienone is 1. The van der Waals surface area contributed by atoms with E-state index >= 15 is 0 Å². The van der Waals surface area contributed by atoms with Crippen LogP contribution in [0.15, 0.2) is 12.2 Å². The van der Waals surface area contributed by atoms with Crippen LogP contribution in [0.5, 0.6) is 0 Å². The fraction of sp³-hybridized carbons (Fsp3) is 0.667. The molecule has 1 atom stereocenters. The number of aliphatic hydroxyl groups is 1. The summed E-state index contributed by atoms with van der Waals surface area (Å²) in [6.07, 6.45) is 11.7. The van der Waals surface area contributed by atoms with Crippen molar-refractivity contribution in [3.63, 3.8) is 0 Å². The van der Waals surface area contributed by atoms with Crippen molar-refractivity contribution in [2.45, 2.75) is 64.4 Å². The average molecular weight is 236 g/mol. The van der Waals surface area contributed by atoms with E-state index < -0.39 is 0 Å². The zero-order valence-electron chi connectivity index (χ0n) is 10.8. The van der Waals surface area contributed by atoms with Gasteiger partial charge in [0.1, 0.15) is 6.29 Å². The van der Waals surface area contributed by atoms with Crippen molar-refractivity contribution in [1.82, 2.24) is 0 Å². The van der Waals surface area contributed by atoms with E-state index in [4.69, 9.17) is 0 Å². The first kappa shape index (κ1) is 15.9. The third kappa shape index (κ3) is 12.9. The smallest absolute Gasteiger partial charge is 0.119 e. The molecule has 0 aliphatic carbocycles. The van der Waals surface area contributed by atoms with E-state index in [2.05, 4.69) is 18.8 Å². The maximum Gasteiger partial charge on any atom is 0.119 e. The largest absolute Gasteiger partial charge is 0.389 e. The Bertz CT molecular complexity index is 258. The minimum absolute atomic E-state index is 0.356. The Morgan fingerprint density at radius 2 is 2.06 bits per heavy atom. The zero-order valence-corrected chi connectivity index (χ0v) is 10.8. The Hall–Kier alpha value is -1.07. The van der Waals surface area contributed by atoms with Crippen LogP contribution in [-0.4, -0.2) is 17.5 Å². The number of aldehydes is 1. The molecule has 0 spiro atoms. The molecule has 0 aliphatic rings. The second-order valence-electron chi connectivity index (χ2n) is 4.16. The Morgan fingerprint density at radius 3 is 2.76 bits per heavy atom. The molecule has 0 aliphatic heterocycles. The van der Waals surface area contributed by atoms with Crippen LogP contribution in [0.1, 0.15) is 58.3 Å². The van der Waals surface area contributed by atoms with Gasteiger partial charge in [0.25, 0.3) is 0 Å². The molecule has 0 aromatic carbocycles. The lowest BCUT2D eigenvalue weighted by molar-refractivity contribution is -0.107. The number of unbranched alkanes of at least 4 members (excludes halogenated alkanes) is 5. The van der Waals surface area contributed by atoms with E-state index in [9.17, 15) is 9.90 Å². The Balaban J connectivity index is 3.50. The number of carbonyl (C=O) groups is 1. The standard InChI is InChI=1S/C15H24O2/c1-2-3-9-12-15(17)13-10-7-5-4-6-8-11-14-16/h10,13-15,17H,2-4,6,8-9,11-12H2,1H3/b13-10+. The van der Waals surface area contributed by atoms with Crippen molar-refractivity contribution in [1.29, 1.82) is 0 Å². The van der Waals surface area contributed by atoms with E-state index in [0.29, 0.717) is 6.42 Å². The van der Waals surface area contributed by atoms with Gasteiger partial charge < -0.3 is 9.90 Å². The topological polar surface area (TPSA) is 37.3 Å². The van der Waals surface area contributed by atoms with E-state index in [-0.39, 0.29) is 6.10 Å². The van der Waals surface area contributed by atoms with Crippen LogP contribution < -0.4 is 0 Å². The number of carbonyl (C=O) groups excluding carboxylic acids is 1. The van der Waals surface area contributed by atoms with Crippen LogP contribution in [-0.2, 0) is 4.79 Å². The molecule has 0 bridgehead atoms. The van der Waals surface area contributed by atoms with Crippen molar-refractivity contribution in [3.05, 3.63) is 12.2 Å². The molecule has 0 radical (unpaired) electrons. The minimum atomic E-state index is -0.356. The Kier molecular flexibility index (Phi) is 12.2. The first-order valence-electron chi connectivity index (χ1n) is 6.58. The lowest BCUT2D eigenvalue weighted by atomic mass is 10.1. The predicted octanol–water partition coefficient (Wildman–Crippen LogP) is 3.25. The fourth-order valence-electron chi connectivity index (χ4n) is 1.43. The highest BCUT2D eigenvalue weighted by atomic mass is 16.3. The van der Waals surface area contributed by atoms with Crippen molar-refractivity contribution in [2.24, 2.45) is 0 Å². The second kappa shape index (κ2) is 13.0. The maximum absolute atomic E-state index is 10.0. The number of aliphatic hydroxyl groups excluding tert-OH is 1. The monoisotopic (exact) mass is 236 g/mol. The van der Waals surface area contributed by atoms with Crippen molar-refractivity contribution < 1.29 is 9.90 Å². The first-order chi connectivity index (χ1) is 8.31. The number of rotatable bonds is 9. The highest BCUT2D eigenvalue weighted by molar-refractivity contribution is 5.48. The van der Waals surface area contributed by atoms with Gasteiger partial charge in [0.2, 0.25) is 0 Å². The Morgan fingerprint density at radius 1 is 1.24 bits per heavy atom. The molecule has 0 fully saturated rings. The summed E-state index contributed by atoms with van der Waals surface area (Å²) < 4.78 is 0. The van der Waals surface area contributed by atoms with Gasteiger partial charge in [0, 0.05) is 12.8 Å². The van der Waals surface area contributed by atoms with E-state index in [1.54, 1.807) is 12.2 Å². The van der Waals surface area contributed by atoms with E-state index in [0.717, 1.165) is 38.4 Å². The molecule has 0 amide bonds. The molecule has 0 aromatic heterocycles. The zero-order chi connectivity index (χ0) is 12.8. The molecule has 0 heterocycles. The maximum atomic E-state index is 10.0. The molecule has 0 rings (SSSR count). The molecule has 0 saturated carbocycles. The van der Waals surface area contributed by atoms with Gasteiger partial charge in [-0.05, 0) is 31.4 Å². The molecule has 17 heavy (non-hydrogen) atoms. The molecule has 0 aromatic rings. The van der Waals surface area contributed by atoms with Crippen LogP contribution >= 0.6 is 0 Å². The molecule has 96 valence electrons. The van der Waals surface area contributed by atoms with E-state index in [1.807, 2.05) is 0 Å². The molecule has 2 nitrogen and oxygen atoms in total. The van der Waals surface area contributed by atoms with Crippen molar-refractivity contribution in [3.8, 4) is 11.8 Å². The van der Waals surface area contributed by atoms with Gasteiger partial charge in [-0.15, -0.1) is 0 Å². The van der Waals surface area contributed by atoms with Crippen LogP contribution in [0.2, 0.25) is 0 Å². The second-order valence-corrected chi connectivity index (χ2v) is 4.16. The lowest BCUT2D eigenvalue weighted by Crippen LogP contribution is -2.00. The predicted molar refractivity (Wildman–Crippen MR) is 71.6 cm³/mol. The summed E-state index contributed by atoms with van der Waals surface area (Å²) in [6.45, 7) is 2.15. The van der Waals surface area contributed by atoms with Crippen LogP contribution in [0.4, 0.5) is 0 Å². The molecular formula is C15H24O2. The molecule has 1 N–H and O–H groups in total. The first-order valence-corrected chi connectivity index (χ1v) is 6.58. The van der Waals surface area contributed by atoms with Crippen molar-refractivity contribution >= 4 is 6.29 Å². The summed E-state index contributed by atoms with van der Waals surface area (Å²) in [5, 5.41) is 9.56. The highest BCUT2D eigenvalue weighted by Gasteiger charge is 1.96. The van der Waals surface area contributed by atoms with Gasteiger partial charge >= 0.3 is 0 Å². The highest BCUT2D eigenvalue weighted by Crippen LogP contribution is 2.03. The van der Waals surface area contributed by atoms with Crippen LogP contribution in [0.25, 0.3) is 0 Å². The molecular weight excluding hydrogens is 212 g/mol. The third-order valence-electron chi connectivity index (χ3n) is 2.48. The van der Waals surface area contributed by atoms with Gasteiger partial charge in [0.05, 0.1) is 6.10 Å². The summed E-state index contributed by atoms with van der Waals surface area (Å²) in [5.41, 5.74) is 0. The average Bonchev–Trinajstić information content (AvgIpc) is 2.33. The number of hydrogen-bond donors (Lipinski definition) is 1. The van der Waals surface area contributed by atoms with E-state index in [1.165, 1.54) is 12.8 Å². The van der Waals surface area contributed by atoms with Gasteiger partial charge in [-0.25, -0.2) is 0 Å². The lowest BCUT2D eigenvalue weighted by Gasteiger charge is -2.02. The quantitative estimate of drug-likeness (QED) is 0.379. The molecule has 2 heteroatoms. The Labute approximate surface area is 105 Å². The summed E-state index contributed by atoms with van der Waals surface area (Å²) in [5.74, 6) is 5.91. The normalized spacial score (nSPS) is 12.1. The fourth-order valence-corrected chi connectivity index (χ4v) is 1.43. The number of hydrogen-bond acceptors (Lipinski definition) is 2. The van der Waals surface area contributed by atoms with Gasteiger partial charge in [-0.3, -0.25) is 0 Å². The summed E-state index contributed by atoms with van der Waals surface area (Å²) in [7, 11) is 0. The van der Waals surface area contributed by atoms with Gasteiger partial charge in [-0.1, -0.05) is 38.0 Å².